The van der Waals surface area contributed by atoms with E-state index in [4.69, 9.17) is 9.40 Å². The Morgan fingerprint density at radius 2 is 1.50 bits per heavy atom. The van der Waals surface area contributed by atoms with Crippen LogP contribution in [0.25, 0.3) is 55.4 Å². The molecule has 3 nitrogen and oxygen atoms in total. The van der Waals surface area contributed by atoms with Crippen molar-refractivity contribution in [1.82, 2.24) is 9.97 Å². The molecule has 3 heterocycles. The van der Waals surface area contributed by atoms with Crippen LogP contribution < -0.4 is 0 Å². The Labute approximate surface area is 235 Å². The Morgan fingerprint density at radius 3 is 2.26 bits per heavy atom. The Bertz CT molecular complexity index is 1790. The van der Waals surface area contributed by atoms with Gasteiger partial charge in [-0.1, -0.05) is 56.3 Å². The van der Waals surface area contributed by atoms with E-state index in [0.29, 0.717) is 0 Å². The molecule has 0 aliphatic rings. The van der Waals surface area contributed by atoms with Crippen molar-refractivity contribution in [2.24, 2.45) is 0 Å². The first-order valence-electron chi connectivity index (χ1n) is 12.3. The predicted molar refractivity (Wildman–Crippen MR) is 151 cm³/mol. The van der Waals surface area contributed by atoms with E-state index < -0.39 is 0 Å². The van der Waals surface area contributed by atoms with Crippen molar-refractivity contribution in [2.75, 3.05) is 0 Å². The number of furan rings is 1. The number of aromatic nitrogens is 2. The van der Waals surface area contributed by atoms with Gasteiger partial charge in [0.2, 0.25) is 0 Å². The van der Waals surface area contributed by atoms with Gasteiger partial charge in [-0.15, -0.1) is 70.8 Å². The molecule has 0 aliphatic heterocycles. The maximum absolute atomic E-state index is 6.23. The van der Waals surface area contributed by atoms with E-state index in [2.05, 4.69) is 55.2 Å². The first kappa shape index (κ1) is 25.5. The Hall–Kier alpha value is -4.11. The molecule has 4 heteroatoms. The van der Waals surface area contributed by atoms with Gasteiger partial charge in [0.25, 0.3) is 0 Å². The van der Waals surface area contributed by atoms with Crippen LogP contribution in [0.2, 0.25) is 0 Å². The van der Waals surface area contributed by atoms with Gasteiger partial charge in [-0.05, 0) is 30.0 Å². The van der Waals surface area contributed by atoms with Gasteiger partial charge < -0.3 is 9.40 Å². The molecule has 187 valence electrons. The summed E-state index contributed by atoms with van der Waals surface area (Å²) in [7, 11) is 0. The molecule has 0 unspecified atom stereocenters. The third-order valence-corrected chi connectivity index (χ3v) is 6.27. The van der Waals surface area contributed by atoms with E-state index in [1.54, 1.807) is 6.20 Å². The first-order valence-corrected chi connectivity index (χ1v) is 12.3. The standard InChI is InChI=1S/C23H16NO.C11H8N.Ir/c1-14-11-15(2)13-16(12-14)22-21-18-8-4-6-10-20(18)25-23(21)17-7-3-5-9-19(17)24-22;1-2-6-10(7-3-1)11-8-4-5-9-12-11;/h3-12H,1-2H3;1-6,8-9H;/q2*-1;. The first-order chi connectivity index (χ1) is 18.2. The normalized spacial score (nSPS) is 10.7. The smallest absolute Gasteiger partial charge is 0.137 e. The van der Waals surface area contributed by atoms with Gasteiger partial charge in [-0.25, -0.2) is 0 Å². The van der Waals surface area contributed by atoms with Crippen LogP contribution >= 0.6 is 0 Å². The molecular weight excluding hydrogens is 645 g/mol. The molecule has 1 radical (unpaired) electrons. The number of nitrogens with zero attached hydrogens (tertiary/aromatic N) is 2. The number of aryl methyl sites for hydroxylation is 2. The monoisotopic (exact) mass is 669 g/mol. The van der Waals surface area contributed by atoms with E-state index in [0.717, 1.165) is 60.9 Å². The summed E-state index contributed by atoms with van der Waals surface area (Å²) >= 11 is 0. The molecule has 7 aromatic rings. The zero-order chi connectivity index (χ0) is 25.2. The summed E-state index contributed by atoms with van der Waals surface area (Å²) in [6, 6.07) is 40.9. The maximum atomic E-state index is 6.23. The third-order valence-electron chi connectivity index (χ3n) is 6.27. The van der Waals surface area contributed by atoms with Crippen molar-refractivity contribution < 1.29 is 24.5 Å². The number of pyridine rings is 2. The Morgan fingerprint density at radius 1 is 0.737 bits per heavy atom. The molecule has 0 atom stereocenters. The maximum Gasteiger partial charge on any atom is 0.137 e. The number of para-hydroxylation sites is 2. The molecule has 0 aliphatic carbocycles. The molecule has 0 amide bonds. The average Bonchev–Trinajstić information content (AvgIpc) is 3.34. The molecule has 0 fully saturated rings. The van der Waals surface area contributed by atoms with Crippen molar-refractivity contribution in [2.45, 2.75) is 13.8 Å². The van der Waals surface area contributed by atoms with Crippen molar-refractivity contribution >= 4 is 32.8 Å². The van der Waals surface area contributed by atoms with Crippen LogP contribution in [-0.2, 0) is 20.1 Å². The average molecular weight is 669 g/mol. The zero-order valence-corrected chi connectivity index (χ0v) is 23.4. The topological polar surface area (TPSA) is 38.9 Å². The fourth-order valence-electron chi connectivity index (χ4n) is 4.70. The van der Waals surface area contributed by atoms with E-state index in [-0.39, 0.29) is 20.1 Å². The van der Waals surface area contributed by atoms with E-state index in [9.17, 15) is 0 Å². The summed E-state index contributed by atoms with van der Waals surface area (Å²) in [5.74, 6) is 0. The van der Waals surface area contributed by atoms with Crippen molar-refractivity contribution in [1.29, 1.82) is 0 Å². The molecule has 0 bridgehead atoms. The summed E-state index contributed by atoms with van der Waals surface area (Å²) in [4.78, 5) is 9.20. The van der Waals surface area contributed by atoms with Gasteiger partial charge in [-0.2, -0.15) is 0 Å². The van der Waals surface area contributed by atoms with Crippen molar-refractivity contribution in [3.05, 3.63) is 133 Å². The fourth-order valence-corrected chi connectivity index (χ4v) is 4.70. The third kappa shape index (κ3) is 5.02. The largest absolute Gasteiger partial charge is 0.456 e. The second-order valence-electron chi connectivity index (χ2n) is 9.03. The van der Waals surface area contributed by atoms with Crippen LogP contribution in [-0.4, -0.2) is 9.97 Å². The molecule has 0 saturated heterocycles. The van der Waals surface area contributed by atoms with E-state index in [1.807, 2.05) is 78.9 Å². The van der Waals surface area contributed by atoms with Crippen LogP contribution in [0, 0.1) is 26.0 Å². The molecule has 0 saturated carbocycles. The summed E-state index contributed by atoms with van der Waals surface area (Å²) in [5.41, 5.74) is 9.02. The van der Waals surface area contributed by atoms with Crippen LogP contribution in [0.3, 0.4) is 0 Å². The second-order valence-corrected chi connectivity index (χ2v) is 9.03. The predicted octanol–water partition coefficient (Wildman–Crippen LogP) is 8.76. The molecular formula is C34H24IrN2O-2. The van der Waals surface area contributed by atoms with Crippen LogP contribution in [0.1, 0.15) is 11.1 Å². The molecule has 0 N–H and O–H groups in total. The minimum atomic E-state index is 0. The minimum Gasteiger partial charge on any atom is -0.456 e. The summed E-state index contributed by atoms with van der Waals surface area (Å²) in [6.07, 6.45) is 1.79. The Balaban J connectivity index is 0.000000191. The van der Waals surface area contributed by atoms with Crippen LogP contribution in [0.4, 0.5) is 0 Å². The summed E-state index contributed by atoms with van der Waals surface area (Å²) in [6.45, 7) is 4.18. The van der Waals surface area contributed by atoms with Crippen LogP contribution in [0.5, 0.6) is 0 Å². The molecule has 7 rings (SSSR count). The zero-order valence-electron chi connectivity index (χ0n) is 21.0. The second kappa shape index (κ2) is 11.1. The van der Waals surface area contributed by atoms with Gasteiger partial charge in [0, 0.05) is 48.2 Å². The minimum absolute atomic E-state index is 0. The molecule has 4 aromatic carbocycles. The van der Waals surface area contributed by atoms with Crippen molar-refractivity contribution in [3.63, 3.8) is 0 Å². The molecule has 38 heavy (non-hydrogen) atoms. The van der Waals surface area contributed by atoms with Crippen molar-refractivity contribution in [3.8, 4) is 22.5 Å². The van der Waals surface area contributed by atoms with Gasteiger partial charge in [0.1, 0.15) is 11.2 Å². The number of fused-ring (bicyclic) bond motifs is 5. The molecule has 0 spiro atoms. The Kier molecular flexibility index (Phi) is 7.46. The number of hydrogen-bond acceptors (Lipinski definition) is 3. The summed E-state index contributed by atoms with van der Waals surface area (Å²) in [5, 5.41) is 3.20. The summed E-state index contributed by atoms with van der Waals surface area (Å²) < 4.78 is 6.23. The number of rotatable bonds is 2. The SMILES string of the molecule is Cc1[c-]c(-c2nc3ccccc3c3oc4ccccc4c23)cc(C)c1.[Ir].[c-]1ccccc1-c1ccccn1. The van der Waals surface area contributed by atoms with Gasteiger partial charge >= 0.3 is 0 Å². The number of hydrogen-bond donors (Lipinski definition) is 0. The van der Waals surface area contributed by atoms with E-state index >= 15 is 0 Å². The van der Waals surface area contributed by atoms with Crippen LogP contribution in [0.15, 0.2) is 114 Å². The van der Waals surface area contributed by atoms with E-state index in [1.165, 1.54) is 5.56 Å². The van der Waals surface area contributed by atoms with Gasteiger partial charge in [0.15, 0.2) is 0 Å². The van der Waals surface area contributed by atoms with Gasteiger partial charge in [-0.3, -0.25) is 4.98 Å². The number of benzene rings is 4. The molecule has 3 aromatic heterocycles. The quantitative estimate of drug-likeness (QED) is 0.173. The fraction of sp³-hybridized carbons (Fsp3) is 0.0588. The van der Waals surface area contributed by atoms with Gasteiger partial charge in [0.05, 0.1) is 5.52 Å².